The lowest BCUT2D eigenvalue weighted by Crippen LogP contribution is -2.12. The van der Waals surface area contributed by atoms with Crippen molar-refractivity contribution in [3.8, 4) is 0 Å². The Morgan fingerprint density at radius 3 is 3.05 bits per heavy atom. The molecule has 0 saturated carbocycles. The summed E-state index contributed by atoms with van der Waals surface area (Å²) < 4.78 is 13.6. The summed E-state index contributed by atoms with van der Waals surface area (Å²) in [7, 11) is 0. The van der Waals surface area contributed by atoms with Gasteiger partial charge in [0, 0.05) is 6.20 Å². The smallest absolute Gasteiger partial charge is 0.354 e. The van der Waals surface area contributed by atoms with E-state index in [1.807, 2.05) is 6.07 Å². The van der Waals surface area contributed by atoms with Crippen molar-refractivity contribution in [3.05, 3.63) is 53.1 Å². The molecule has 1 aromatic heterocycles. The lowest BCUT2D eigenvalue weighted by atomic mass is 10.1. The van der Waals surface area contributed by atoms with E-state index >= 15 is 0 Å². The molecule has 1 atom stereocenters. The predicted octanol–water partition coefficient (Wildman–Crippen LogP) is 2.41. The standard InChI is InChI=1S/C14H12FN3O2/c15-10-3-1-2-9-8(10)4-5-11(9)17-14-16-7-6-12(18-14)13(19)20/h1-3,6-7,11H,4-5H2,(H,19,20)(H,16,17,18)/t11-/m1/s1. The third-order valence-corrected chi connectivity index (χ3v) is 3.39. The van der Waals surface area contributed by atoms with Gasteiger partial charge in [0.05, 0.1) is 6.04 Å². The van der Waals surface area contributed by atoms with Crippen LogP contribution < -0.4 is 5.32 Å². The molecule has 3 rings (SSSR count). The van der Waals surface area contributed by atoms with Gasteiger partial charge in [-0.1, -0.05) is 12.1 Å². The number of carbonyl (C=O) groups is 1. The Morgan fingerprint density at radius 1 is 1.40 bits per heavy atom. The SMILES string of the molecule is O=C(O)c1ccnc(N[C@@H]2CCc3c(F)cccc32)n1. The molecule has 1 aliphatic carbocycles. The van der Waals surface area contributed by atoms with Gasteiger partial charge in [-0.2, -0.15) is 0 Å². The molecule has 5 nitrogen and oxygen atoms in total. The van der Waals surface area contributed by atoms with Crippen LogP contribution in [0.4, 0.5) is 10.3 Å². The van der Waals surface area contributed by atoms with Gasteiger partial charge in [0.2, 0.25) is 5.95 Å². The molecule has 2 aromatic rings. The molecule has 2 N–H and O–H groups in total. The molecule has 0 amide bonds. The number of carboxylic acids is 1. The van der Waals surface area contributed by atoms with Crippen molar-refractivity contribution < 1.29 is 14.3 Å². The molecule has 0 fully saturated rings. The Balaban J connectivity index is 1.86. The van der Waals surface area contributed by atoms with E-state index in [4.69, 9.17) is 5.11 Å². The molecule has 0 bridgehead atoms. The molecule has 0 radical (unpaired) electrons. The first-order valence-electron chi connectivity index (χ1n) is 6.25. The van der Waals surface area contributed by atoms with Crippen LogP contribution in [-0.2, 0) is 6.42 Å². The minimum absolute atomic E-state index is 0.0695. The maximum Gasteiger partial charge on any atom is 0.354 e. The van der Waals surface area contributed by atoms with Crippen LogP contribution in [0.5, 0.6) is 0 Å². The van der Waals surface area contributed by atoms with Gasteiger partial charge >= 0.3 is 5.97 Å². The third kappa shape index (κ3) is 2.20. The molecule has 0 aliphatic heterocycles. The Morgan fingerprint density at radius 2 is 2.25 bits per heavy atom. The largest absolute Gasteiger partial charge is 0.477 e. The highest BCUT2D eigenvalue weighted by atomic mass is 19.1. The van der Waals surface area contributed by atoms with Crippen molar-refractivity contribution >= 4 is 11.9 Å². The summed E-state index contributed by atoms with van der Waals surface area (Å²) in [5.41, 5.74) is 1.52. The van der Waals surface area contributed by atoms with Crippen LogP contribution in [0.25, 0.3) is 0 Å². The van der Waals surface area contributed by atoms with Gasteiger partial charge in [-0.05, 0) is 36.1 Å². The first kappa shape index (κ1) is 12.5. The summed E-state index contributed by atoms with van der Waals surface area (Å²) in [6, 6.07) is 6.22. The molecule has 0 unspecified atom stereocenters. The summed E-state index contributed by atoms with van der Waals surface area (Å²) in [4.78, 5) is 18.8. The number of anilines is 1. The highest BCUT2D eigenvalue weighted by Crippen LogP contribution is 2.34. The fourth-order valence-corrected chi connectivity index (χ4v) is 2.46. The van der Waals surface area contributed by atoms with E-state index in [1.165, 1.54) is 18.3 Å². The zero-order valence-electron chi connectivity index (χ0n) is 10.5. The van der Waals surface area contributed by atoms with Gasteiger partial charge in [0.25, 0.3) is 0 Å². The average molecular weight is 273 g/mol. The predicted molar refractivity (Wildman–Crippen MR) is 70.1 cm³/mol. The number of halogens is 1. The maximum absolute atomic E-state index is 13.6. The summed E-state index contributed by atoms with van der Waals surface area (Å²) >= 11 is 0. The second-order valence-corrected chi connectivity index (χ2v) is 4.61. The summed E-state index contributed by atoms with van der Waals surface area (Å²) in [6.07, 6.45) is 2.77. The van der Waals surface area contributed by atoms with Crippen LogP contribution in [0, 0.1) is 5.82 Å². The van der Waals surface area contributed by atoms with Gasteiger partial charge in [-0.25, -0.2) is 19.2 Å². The third-order valence-electron chi connectivity index (χ3n) is 3.39. The normalized spacial score (nSPS) is 16.8. The lowest BCUT2D eigenvalue weighted by Gasteiger charge is -2.14. The number of nitrogens with zero attached hydrogens (tertiary/aromatic N) is 2. The first-order chi connectivity index (χ1) is 9.65. The molecular formula is C14H12FN3O2. The summed E-state index contributed by atoms with van der Waals surface area (Å²) in [6.45, 7) is 0. The monoisotopic (exact) mass is 273 g/mol. The number of aromatic carboxylic acids is 1. The van der Waals surface area contributed by atoms with E-state index in [-0.39, 0.29) is 23.5 Å². The van der Waals surface area contributed by atoms with Gasteiger partial charge < -0.3 is 10.4 Å². The topological polar surface area (TPSA) is 75.1 Å². The second kappa shape index (κ2) is 4.88. The Labute approximate surface area is 114 Å². The number of benzene rings is 1. The summed E-state index contributed by atoms with van der Waals surface area (Å²) in [5.74, 6) is -1.06. The van der Waals surface area contributed by atoms with E-state index < -0.39 is 5.97 Å². The maximum atomic E-state index is 13.6. The van der Waals surface area contributed by atoms with Crippen LogP contribution in [0.1, 0.15) is 34.1 Å². The number of rotatable bonds is 3. The number of nitrogens with one attached hydrogen (secondary N) is 1. The van der Waals surface area contributed by atoms with E-state index in [1.54, 1.807) is 6.07 Å². The van der Waals surface area contributed by atoms with Crippen molar-refractivity contribution in [2.45, 2.75) is 18.9 Å². The number of hydrogen-bond acceptors (Lipinski definition) is 4. The number of aromatic nitrogens is 2. The lowest BCUT2D eigenvalue weighted by molar-refractivity contribution is 0.0690. The van der Waals surface area contributed by atoms with Crippen molar-refractivity contribution in [3.63, 3.8) is 0 Å². The molecule has 102 valence electrons. The molecule has 6 heteroatoms. The van der Waals surface area contributed by atoms with Crippen LogP contribution in [-0.4, -0.2) is 21.0 Å². The fraction of sp³-hybridized carbons (Fsp3) is 0.214. The first-order valence-corrected chi connectivity index (χ1v) is 6.25. The molecule has 0 saturated heterocycles. The quantitative estimate of drug-likeness (QED) is 0.898. The number of hydrogen-bond donors (Lipinski definition) is 2. The van der Waals surface area contributed by atoms with Crippen LogP contribution in [0.3, 0.4) is 0 Å². The van der Waals surface area contributed by atoms with Gasteiger partial charge in [0.1, 0.15) is 5.82 Å². The van der Waals surface area contributed by atoms with Gasteiger partial charge in [0.15, 0.2) is 5.69 Å². The van der Waals surface area contributed by atoms with E-state index in [9.17, 15) is 9.18 Å². The Bertz CT molecular complexity index is 675. The van der Waals surface area contributed by atoms with Crippen molar-refractivity contribution in [1.82, 2.24) is 9.97 Å². The minimum Gasteiger partial charge on any atom is -0.477 e. The van der Waals surface area contributed by atoms with Crippen LogP contribution in [0.2, 0.25) is 0 Å². The number of carboxylic acid groups (broad SMARTS) is 1. The van der Waals surface area contributed by atoms with Gasteiger partial charge in [-0.3, -0.25) is 0 Å². The molecule has 20 heavy (non-hydrogen) atoms. The van der Waals surface area contributed by atoms with E-state index in [0.29, 0.717) is 12.0 Å². The zero-order chi connectivity index (χ0) is 14.1. The fourth-order valence-electron chi connectivity index (χ4n) is 2.46. The van der Waals surface area contributed by atoms with Crippen LogP contribution >= 0.6 is 0 Å². The molecular weight excluding hydrogens is 261 g/mol. The highest BCUT2D eigenvalue weighted by molar-refractivity contribution is 5.85. The van der Waals surface area contributed by atoms with Crippen molar-refractivity contribution in [1.29, 1.82) is 0 Å². The molecule has 1 heterocycles. The molecule has 1 aromatic carbocycles. The Hall–Kier alpha value is -2.50. The highest BCUT2D eigenvalue weighted by Gasteiger charge is 2.25. The van der Waals surface area contributed by atoms with Crippen molar-refractivity contribution in [2.75, 3.05) is 5.32 Å². The van der Waals surface area contributed by atoms with Gasteiger partial charge in [-0.15, -0.1) is 0 Å². The minimum atomic E-state index is -1.10. The second-order valence-electron chi connectivity index (χ2n) is 4.61. The van der Waals surface area contributed by atoms with Crippen molar-refractivity contribution in [2.24, 2.45) is 0 Å². The average Bonchev–Trinajstić information content (AvgIpc) is 2.84. The van der Waals surface area contributed by atoms with Crippen LogP contribution in [0.15, 0.2) is 30.5 Å². The van der Waals surface area contributed by atoms with E-state index in [2.05, 4.69) is 15.3 Å². The zero-order valence-corrected chi connectivity index (χ0v) is 10.5. The van der Waals surface area contributed by atoms with E-state index in [0.717, 1.165) is 12.0 Å². The number of fused-ring (bicyclic) bond motifs is 1. The molecule has 1 aliphatic rings. The Kier molecular flexibility index (Phi) is 3.06. The molecule has 0 spiro atoms. The summed E-state index contributed by atoms with van der Waals surface area (Å²) in [5, 5.41) is 12.0.